The normalized spacial score (nSPS) is 13.0. The second-order valence-corrected chi connectivity index (χ2v) is 26.4. The highest BCUT2D eigenvalue weighted by Crippen LogP contribution is 2.57. The Morgan fingerprint density at radius 2 is 0.695 bits per heavy atom. The van der Waals surface area contributed by atoms with Crippen molar-refractivity contribution in [3.63, 3.8) is 0 Å². The molecule has 440 valence electrons. The van der Waals surface area contributed by atoms with Gasteiger partial charge in [0.05, 0.1) is 44.8 Å². The zero-order valence-electron chi connectivity index (χ0n) is 50.8. The number of anilines is 6. The quantitative estimate of drug-likeness (QED) is 0.155. The first kappa shape index (κ1) is 51.3. The van der Waals surface area contributed by atoms with Crippen LogP contribution in [0.2, 0.25) is 0 Å². The molecule has 20 aromatic rings. The molecule has 2 aliphatic heterocycles. The fourth-order valence-corrected chi connectivity index (χ4v) is 17.8. The van der Waals surface area contributed by atoms with Crippen LogP contribution in [0.1, 0.15) is 0 Å². The first-order valence-corrected chi connectivity index (χ1v) is 33.2. The maximum atomic E-state index is 7.59. The van der Waals surface area contributed by atoms with E-state index in [1.807, 2.05) is 11.3 Å². The van der Waals surface area contributed by atoms with Gasteiger partial charge in [-0.25, -0.2) is 0 Å². The molecule has 0 unspecified atom stereocenters. The summed E-state index contributed by atoms with van der Waals surface area (Å²) in [6.45, 7) is -0.345. The number of furan rings is 3. The Morgan fingerprint density at radius 1 is 0.284 bits per heavy atom. The molecule has 14 aromatic carbocycles. The summed E-state index contributed by atoms with van der Waals surface area (Å²) in [7, 11) is 0. The summed E-state index contributed by atoms with van der Waals surface area (Å²) in [5.74, 6) is 0. The van der Waals surface area contributed by atoms with E-state index in [1.165, 1.54) is 31.0 Å². The topological polar surface area (TPSA) is 55.8 Å². The van der Waals surface area contributed by atoms with Gasteiger partial charge in [-0.1, -0.05) is 200 Å². The van der Waals surface area contributed by atoms with E-state index in [2.05, 4.69) is 316 Å². The van der Waals surface area contributed by atoms with E-state index in [4.69, 9.17) is 13.3 Å². The third kappa shape index (κ3) is 6.98. The fraction of sp³-hybridized carbons (Fsp3) is 0. The van der Waals surface area contributed by atoms with Crippen LogP contribution in [-0.4, -0.2) is 15.8 Å². The SMILES string of the molecule is c1ccc(-c2ccc3c(oc4ccccc43)c2N2c3cc4c(oc5ccccc54)c4c3B(c3cc(-n5c6ccccc6c6ccccc65)ccc3N4c3c(-c4ccccc4)ccc4c3oc3ccccc34)c3sc4ccc(-n5c6ccccc6c6ccccc65)cc4c32)cc1. The van der Waals surface area contributed by atoms with E-state index in [-0.39, 0.29) is 6.71 Å². The molecular weight excluding hydrogens is 1180 g/mol. The van der Waals surface area contributed by atoms with Crippen LogP contribution in [0.3, 0.4) is 0 Å². The predicted octanol–water partition coefficient (Wildman–Crippen LogP) is 22.2. The second kappa shape index (κ2) is 19.1. The number of fused-ring (bicyclic) bond motifs is 22. The average molecular weight is 1230 g/mol. The highest BCUT2D eigenvalue weighted by Gasteiger charge is 2.49. The summed E-state index contributed by atoms with van der Waals surface area (Å²) in [4.78, 5) is 5.15. The molecule has 0 aliphatic carbocycles. The standard InChI is InChI=1S/C86H49BN4O3S/c1-3-21-50(22-4-1)54-41-43-63-60-29-11-18-36-74(60)92-83(63)79(54)90-72-45-39-53(89-70-34-16-9-27-58(70)59-28-10-17-35-71(59)89)48-67(72)87-78-73(49-65-62-31-13-20-38-76(62)94-85(65)82(78)90)91(80-55(51-23-5-2-6-24-51)42-44-64-61-30-12-19-37-75(61)93-84(64)80)81-66-47-52(40-46-77(66)95-86(81)87)88-68-32-14-7-25-56(68)57-26-8-15-33-69(57)88/h1-49H. The van der Waals surface area contributed by atoms with Gasteiger partial charge < -0.3 is 32.2 Å². The van der Waals surface area contributed by atoms with E-state index >= 15 is 0 Å². The Balaban J connectivity index is 0.951. The minimum Gasteiger partial charge on any atom is -0.454 e. The molecule has 0 bridgehead atoms. The molecule has 6 aromatic heterocycles. The van der Waals surface area contributed by atoms with Crippen LogP contribution >= 0.6 is 11.3 Å². The largest absolute Gasteiger partial charge is 0.454 e. The summed E-state index contributed by atoms with van der Waals surface area (Å²) in [5.41, 5.74) is 24.1. The Kier molecular flexibility index (Phi) is 10.3. The van der Waals surface area contributed by atoms with Crippen LogP contribution in [0, 0.1) is 0 Å². The maximum absolute atomic E-state index is 7.59. The smallest absolute Gasteiger partial charge is 0.264 e. The number of nitrogens with zero attached hydrogens (tertiary/aromatic N) is 4. The fourth-order valence-electron chi connectivity index (χ4n) is 16.5. The summed E-state index contributed by atoms with van der Waals surface area (Å²) in [6.07, 6.45) is 0. The predicted molar refractivity (Wildman–Crippen MR) is 397 cm³/mol. The van der Waals surface area contributed by atoms with Crippen molar-refractivity contribution in [2.24, 2.45) is 0 Å². The van der Waals surface area contributed by atoms with Gasteiger partial charge in [0.25, 0.3) is 6.71 Å². The molecule has 8 heterocycles. The van der Waals surface area contributed by atoms with Crippen LogP contribution in [0.4, 0.5) is 34.1 Å². The molecule has 0 saturated carbocycles. The van der Waals surface area contributed by atoms with Crippen LogP contribution in [0.15, 0.2) is 311 Å². The minimum absolute atomic E-state index is 0.345. The zero-order valence-corrected chi connectivity index (χ0v) is 51.6. The van der Waals surface area contributed by atoms with Gasteiger partial charge in [0.2, 0.25) is 0 Å². The highest BCUT2D eigenvalue weighted by atomic mass is 32.1. The third-order valence-electron chi connectivity index (χ3n) is 20.5. The van der Waals surface area contributed by atoms with E-state index < -0.39 is 0 Å². The zero-order chi connectivity index (χ0) is 61.7. The number of para-hydroxylation sites is 7. The molecule has 22 rings (SSSR count). The molecule has 2 aliphatic rings. The van der Waals surface area contributed by atoms with Gasteiger partial charge in [-0.15, -0.1) is 11.3 Å². The second-order valence-electron chi connectivity index (χ2n) is 25.3. The third-order valence-corrected chi connectivity index (χ3v) is 21.7. The first-order valence-electron chi connectivity index (χ1n) is 32.4. The molecule has 0 fully saturated rings. The molecule has 0 saturated heterocycles. The van der Waals surface area contributed by atoms with Gasteiger partial charge in [0, 0.05) is 103 Å². The molecule has 9 heteroatoms. The number of hydrogen-bond acceptors (Lipinski definition) is 6. The Morgan fingerprint density at radius 3 is 1.20 bits per heavy atom. The van der Waals surface area contributed by atoms with E-state index in [0.29, 0.717) is 0 Å². The number of thiophene rings is 1. The Bertz CT molecular complexity index is 6600. The molecule has 0 radical (unpaired) electrons. The monoisotopic (exact) mass is 1230 g/mol. The molecule has 7 nitrogen and oxygen atoms in total. The molecule has 0 atom stereocenters. The Hall–Kier alpha value is -12.3. The summed E-state index contributed by atoms with van der Waals surface area (Å²) in [6, 6.07) is 109. The van der Waals surface area contributed by atoms with Crippen molar-refractivity contribution in [2.75, 3.05) is 9.80 Å². The molecular formula is C86H49BN4O3S. The lowest BCUT2D eigenvalue weighted by Gasteiger charge is -2.43. The van der Waals surface area contributed by atoms with Crippen molar-refractivity contribution >= 4 is 187 Å². The van der Waals surface area contributed by atoms with Gasteiger partial charge in [-0.05, 0) is 119 Å². The van der Waals surface area contributed by atoms with E-state index in [0.717, 1.165) is 172 Å². The van der Waals surface area contributed by atoms with Gasteiger partial charge in [0.15, 0.2) is 16.7 Å². The first-order chi connectivity index (χ1) is 47.2. The van der Waals surface area contributed by atoms with Crippen molar-refractivity contribution in [3.05, 3.63) is 297 Å². The number of rotatable bonds is 6. The lowest BCUT2D eigenvalue weighted by Crippen LogP contribution is -2.60. The lowest BCUT2D eigenvalue weighted by molar-refractivity contribution is 0.666. The molecule has 0 amide bonds. The number of aromatic nitrogens is 2. The van der Waals surface area contributed by atoms with Gasteiger partial charge in [-0.3, -0.25) is 0 Å². The Labute approximate surface area is 547 Å². The maximum Gasteiger partial charge on any atom is 0.264 e. The van der Waals surface area contributed by atoms with Crippen LogP contribution in [0.25, 0.3) is 153 Å². The number of benzene rings is 14. The van der Waals surface area contributed by atoms with E-state index in [9.17, 15) is 0 Å². The van der Waals surface area contributed by atoms with Gasteiger partial charge in [-0.2, -0.15) is 0 Å². The van der Waals surface area contributed by atoms with Crippen molar-refractivity contribution in [1.29, 1.82) is 0 Å². The average Bonchev–Trinajstić information content (AvgIpc) is 1.65. The molecule has 95 heavy (non-hydrogen) atoms. The minimum atomic E-state index is -0.345. The van der Waals surface area contributed by atoms with Crippen LogP contribution < -0.4 is 25.5 Å². The van der Waals surface area contributed by atoms with Gasteiger partial charge in [0.1, 0.15) is 16.7 Å². The van der Waals surface area contributed by atoms with Crippen molar-refractivity contribution in [1.82, 2.24) is 9.13 Å². The lowest BCUT2D eigenvalue weighted by atomic mass is 9.36. The number of hydrogen-bond donors (Lipinski definition) is 0. The molecule has 0 spiro atoms. The van der Waals surface area contributed by atoms with Crippen molar-refractivity contribution in [3.8, 4) is 33.6 Å². The summed E-state index contributed by atoms with van der Waals surface area (Å²) >= 11 is 1.89. The summed E-state index contributed by atoms with van der Waals surface area (Å²) in [5, 5.41) is 12.2. The van der Waals surface area contributed by atoms with Crippen LogP contribution in [0.5, 0.6) is 0 Å². The summed E-state index contributed by atoms with van der Waals surface area (Å²) < 4.78 is 29.8. The van der Waals surface area contributed by atoms with Crippen LogP contribution in [-0.2, 0) is 0 Å². The van der Waals surface area contributed by atoms with Gasteiger partial charge >= 0.3 is 0 Å². The highest BCUT2D eigenvalue weighted by molar-refractivity contribution is 7.33. The van der Waals surface area contributed by atoms with Crippen molar-refractivity contribution < 1.29 is 13.3 Å². The van der Waals surface area contributed by atoms with Crippen molar-refractivity contribution in [2.45, 2.75) is 0 Å². The molecule has 0 N–H and O–H groups in total. The van der Waals surface area contributed by atoms with E-state index in [1.54, 1.807) is 0 Å².